The van der Waals surface area contributed by atoms with Crippen LogP contribution in [0.5, 0.6) is 0 Å². The van der Waals surface area contributed by atoms with Crippen molar-refractivity contribution in [2.75, 3.05) is 26.2 Å². The van der Waals surface area contributed by atoms with Gasteiger partial charge < -0.3 is 4.90 Å². The predicted molar refractivity (Wildman–Crippen MR) is 101 cm³/mol. The molecule has 1 aliphatic heterocycles. The number of hydrogen-bond donors (Lipinski definition) is 0. The molecular weight excluding hydrogens is 336 g/mol. The van der Waals surface area contributed by atoms with E-state index >= 15 is 0 Å². The lowest BCUT2D eigenvalue weighted by Crippen LogP contribution is -2.36. The number of likely N-dealkylation sites (tertiary alicyclic amines) is 1. The fraction of sp³-hybridized carbons (Fsp3) is 0.526. The first kappa shape index (κ1) is 19.7. The van der Waals surface area contributed by atoms with Gasteiger partial charge in [-0.15, -0.1) is 0 Å². The lowest BCUT2D eigenvalue weighted by Gasteiger charge is -2.29. The molecule has 5 nitrogen and oxygen atoms in total. The zero-order valence-electron chi connectivity index (χ0n) is 15.3. The number of benzene rings is 1. The van der Waals surface area contributed by atoms with Crippen LogP contribution in [0.2, 0.25) is 0 Å². The number of piperidine rings is 1. The average Bonchev–Trinajstić information content (AvgIpc) is 2.61. The Kier molecular flexibility index (Phi) is 6.79. The molecule has 0 N–H and O–H groups in total. The van der Waals surface area contributed by atoms with E-state index in [2.05, 4.69) is 6.92 Å². The van der Waals surface area contributed by atoms with Gasteiger partial charge in [-0.05, 0) is 42.5 Å². The van der Waals surface area contributed by atoms with Crippen molar-refractivity contribution in [3.63, 3.8) is 0 Å². The maximum atomic E-state index is 12.5. The quantitative estimate of drug-likeness (QED) is 0.729. The van der Waals surface area contributed by atoms with Gasteiger partial charge in [0.25, 0.3) is 0 Å². The Morgan fingerprint density at radius 1 is 1.16 bits per heavy atom. The largest absolute Gasteiger partial charge is 0.339 e. The van der Waals surface area contributed by atoms with E-state index in [9.17, 15) is 13.2 Å². The molecule has 0 unspecified atom stereocenters. The molecule has 1 fully saturated rings. The zero-order valence-corrected chi connectivity index (χ0v) is 16.1. The van der Waals surface area contributed by atoms with Gasteiger partial charge >= 0.3 is 0 Å². The molecule has 1 aromatic rings. The summed E-state index contributed by atoms with van der Waals surface area (Å²) < 4.78 is 26.3. The predicted octanol–water partition coefficient (Wildman–Crippen LogP) is 2.99. The summed E-state index contributed by atoms with van der Waals surface area (Å²) in [6, 6.07) is 6.66. The molecule has 6 heteroatoms. The highest BCUT2D eigenvalue weighted by Gasteiger charge is 2.21. The normalized spacial score (nSPS) is 16.7. The first-order chi connectivity index (χ1) is 11.9. The van der Waals surface area contributed by atoms with Crippen molar-refractivity contribution >= 4 is 22.0 Å². The molecule has 0 spiro atoms. The number of hydrogen-bond acceptors (Lipinski definition) is 3. The van der Waals surface area contributed by atoms with Crippen LogP contribution in [0.4, 0.5) is 0 Å². The van der Waals surface area contributed by atoms with Gasteiger partial charge in [0, 0.05) is 32.3 Å². The summed E-state index contributed by atoms with van der Waals surface area (Å²) in [7, 11) is -3.44. The second kappa shape index (κ2) is 8.63. The molecule has 1 heterocycles. The highest BCUT2D eigenvalue weighted by Crippen LogP contribution is 2.18. The Bertz CT molecular complexity index is 699. The highest BCUT2D eigenvalue weighted by molar-refractivity contribution is 7.89. The molecule has 25 heavy (non-hydrogen) atoms. The summed E-state index contributed by atoms with van der Waals surface area (Å²) in [6.45, 7) is 8.38. The van der Waals surface area contributed by atoms with E-state index in [4.69, 9.17) is 0 Å². The van der Waals surface area contributed by atoms with Crippen LogP contribution in [0.1, 0.15) is 39.2 Å². The first-order valence-corrected chi connectivity index (χ1v) is 10.4. The van der Waals surface area contributed by atoms with Crippen molar-refractivity contribution < 1.29 is 13.2 Å². The third kappa shape index (κ3) is 4.92. The smallest absolute Gasteiger partial charge is 0.246 e. The first-order valence-electron chi connectivity index (χ1n) is 8.95. The van der Waals surface area contributed by atoms with E-state index in [1.54, 1.807) is 36.4 Å². The van der Waals surface area contributed by atoms with Gasteiger partial charge in [0.2, 0.25) is 15.9 Å². The molecule has 2 rings (SSSR count). The number of rotatable bonds is 6. The van der Waals surface area contributed by atoms with E-state index in [0.29, 0.717) is 19.0 Å². The van der Waals surface area contributed by atoms with E-state index in [0.717, 1.165) is 31.5 Å². The Labute approximate surface area is 151 Å². The Morgan fingerprint density at radius 2 is 1.72 bits per heavy atom. The van der Waals surface area contributed by atoms with Gasteiger partial charge in [-0.1, -0.05) is 32.9 Å². The summed E-state index contributed by atoms with van der Waals surface area (Å²) in [5.41, 5.74) is 0.817. The van der Waals surface area contributed by atoms with Crippen LogP contribution >= 0.6 is 0 Å². The van der Waals surface area contributed by atoms with Crippen LogP contribution < -0.4 is 0 Å². The van der Waals surface area contributed by atoms with E-state index < -0.39 is 10.0 Å². The van der Waals surface area contributed by atoms with E-state index in [1.165, 1.54) is 4.31 Å². The van der Waals surface area contributed by atoms with Crippen molar-refractivity contribution in [3.05, 3.63) is 35.9 Å². The van der Waals surface area contributed by atoms with Crippen molar-refractivity contribution in [2.24, 2.45) is 5.92 Å². The van der Waals surface area contributed by atoms with Gasteiger partial charge in [0.15, 0.2) is 0 Å². The topological polar surface area (TPSA) is 57.7 Å². The van der Waals surface area contributed by atoms with Crippen LogP contribution in [0.3, 0.4) is 0 Å². The summed E-state index contributed by atoms with van der Waals surface area (Å²) in [6.07, 6.45) is 5.42. The standard InChI is InChI=1S/C19H28N2O3S/c1-4-21(5-2)25(23,24)18-9-6-17(7-10-18)8-11-19(22)20-14-12-16(3)13-15-20/h6-11,16H,4-5,12-15H2,1-3H3/b11-8+. The van der Waals surface area contributed by atoms with E-state index in [1.807, 2.05) is 18.7 Å². The summed E-state index contributed by atoms with van der Waals surface area (Å²) in [5, 5.41) is 0. The van der Waals surface area contributed by atoms with Crippen molar-refractivity contribution in [2.45, 2.75) is 38.5 Å². The van der Waals surface area contributed by atoms with Gasteiger partial charge in [-0.25, -0.2) is 8.42 Å². The third-order valence-corrected chi connectivity index (χ3v) is 6.80. The van der Waals surface area contributed by atoms with Crippen LogP contribution in [-0.4, -0.2) is 49.7 Å². The molecule has 0 bridgehead atoms. The molecule has 1 aliphatic rings. The van der Waals surface area contributed by atoms with Crippen LogP contribution in [-0.2, 0) is 14.8 Å². The number of sulfonamides is 1. The minimum atomic E-state index is -3.44. The monoisotopic (exact) mass is 364 g/mol. The fourth-order valence-electron chi connectivity index (χ4n) is 2.97. The molecule has 1 aromatic carbocycles. The van der Waals surface area contributed by atoms with Crippen molar-refractivity contribution in [3.8, 4) is 0 Å². The average molecular weight is 365 g/mol. The van der Waals surface area contributed by atoms with Gasteiger partial charge in [-0.3, -0.25) is 4.79 Å². The van der Waals surface area contributed by atoms with Gasteiger partial charge in [0.05, 0.1) is 4.90 Å². The molecular formula is C19H28N2O3S. The Morgan fingerprint density at radius 3 is 2.24 bits per heavy atom. The van der Waals surface area contributed by atoms with Crippen LogP contribution in [0.25, 0.3) is 6.08 Å². The summed E-state index contributed by atoms with van der Waals surface area (Å²) in [4.78, 5) is 14.4. The van der Waals surface area contributed by atoms with Gasteiger partial charge in [0.1, 0.15) is 0 Å². The van der Waals surface area contributed by atoms with Crippen molar-refractivity contribution in [1.29, 1.82) is 0 Å². The minimum Gasteiger partial charge on any atom is -0.339 e. The highest BCUT2D eigenvalue weighted by atomic mass is 32.2. The number of amides is 1. The second-order valence-electron chi connectivity index (χ2n) is 6.50. The number of nitrogens with zero attached hydrogens (tertiary/aromatic N) is 2. The summed E-state index contributed by atoms with van der Waals surface area (Å²) in [5.74, 6) is 0.708. The summed E-state index contributed by atoms with van der Waals surface area (Å²) >= 11 is 0. The molecule has 1 amide bonds. The van der Waals surface area contributed by atoms with E-state index in [-0.39, 0.29) is 10.8 Å². The molecule has 138 valence electrons. The van der Waals surface area contributed by atoms with Crippen molar-refractivity contribution in [1.82, 2.24) is 9.21 Å². The maximum absolute atomic E-state index is 12.5. The SMILES string of the molecule is CCN(CC)S(=O)(=O)c1ccc(/C=C/C(=O)N2CCC(C)CC2)cc1. The Balaban J connectivity index is 2.04. The third-order valence-electron chi connectivity index (χ3n) is 4.74. The molecule has 0 atom stereocenters. The lowest BCUT2D eigenvalue weighted by molar-refractivity contribution is -0.127. The maximum Gasteiger partial charge on any atom is 0.246 e. The molecule has 0 saturated carbocycles. The molecule has 0 radical (unpaired) electrons. The minimum absolute atomic E-state index is 0.0201. The number of carbonyl (C=O) groups excluding carboxylic acids is 1. The molecule has 0 aliphatic carbocycles. The molecule has 1 saturated heterocycles. The lowest BCUT2D eigenvalue weighted by atomic mass is 9.99. The number of carbonyl (C=O) groups is 1. The Hall–Kier alpha value is -1.66. The molecule has 0 aromatic heterocycles. The van der Waals surface area contributed by atoms with Crippen LogP contribution in [0, 0.1) is 5.92 Å². The van der Waals surface area contributed by atoms with Crippen LogP contribution in [0.15, 0.2) is 35.2 Å². The zero-order chi connectivity index (χ0) is 18.4. The second-order valence-corrected chi connectivity index (χ2v) is 8.44. The fourth-order valence-corrected chi connectivity index (χ4v) is 4.42. The van der Waals surface area contributed by atoms with Gasteiger partial charge in [-0.2, -0.15) is 4.31 Å².